The zero-order chi connectivity index (χ0) is 28.3. The van der Waals surface area contributed by atoms with E-state index in [1.165, 1.54) is 0 Å². The van der Waals surface area contributed by atoms with Gasteiger partial charge in [0.1, 0.15) is 18.2 Å². The Morgan fingerprint density at radius 2 is 1.67 bits per heavy atom. The van der Waals surface area contributed by atoms with Crippen LogP contribution in [0.25, 0.3) is 0 Å². The summed E-state index contributed by atoms with van der Waals surface area (Å²) in [5.74, 6) is -0.411. The quantitative estimate of drug-likeness (QED) is 0.196. The minimum atomic E-state index is -3.77. The van der Waals surface area contributed by atoms with E-state index in [0.717, 1.165) is 36.8 Å². The molecule has 8 nitrogen and oxygen atoms in total. The van der Waals surface area contributed by atoms with Crippen LogP contribution in [0.5, 0.6) is 0 Å². The van der Waals surface area contributed by atoms with E-state index in [0.29, 0.717) is 12.8 Å². The van der Waals surface area contributed by atoms with E-state index in [4.69, 9.17) is 13.7 Å². The van der Waals surface area contributed by atoms with Crippen LogP contribution in [0.2, 0.25) is 0 Å². The van der Waals surface area contributed by atoms with E-state index in [9.17, 15) is 18.0 Å². The van der Waals surface area contributed by atoms with Crippen molar-refractivity contribution in [3.05, 3.63) is 65.7 Å². The molecule has 1 heterocycles. The summed E-state index contributed by atoms with van der Waals surface area (Å²) in [5.41, 5.74) is 1.06. The molecule has 2 fully saturated rings. The Balaban J connectivity index is 1.29. The van der Waals surface area contributed by atoms with E-state index in [1.807, 2.05) is 58.0 Å². The third-order valence-electron chi connectivity index (χ3n) is 7.39. The van der Waals surface area contributed by atoms with Crippen LogP contribution in [0.15, 0.2) is 59.5 Å². The number of rotatable bonds is 11. The minimum Gasteiger partial charge on any atom is -0.459 e. The van der Waals surface area contributed by atoms with Crippen LogP contribution in [-0.4, -0.2) is 49.7 Å². The molecule has 1 aliphatic carbocycles. The molecule has 1 amide bonds. The molecule has 0 spiro atoms. The van der Waals surface area contributed by atoms with Gasteiger partial charge in [0.25, 0.3) is 10.1 Å². The highest BCUT2D eigenvalue weighted by molar-refractivity contribution is 7.86. The highest BCUT2D eigenvalue weighted by Gasteiger charge is 2.67. The number of amides is 1. The van der Waals surface area contributed by atoms with Gasteiger partial charge < -0.3 is 9.47 Å². The molecule has 2 aliphatic rings. The van der Waals surface area contributed by atoms with E-state index in [-0.39, 0.29) is 29.6 Å². The molecule has 0 unspecified atom stereocenters. The first-order valence-corrected chi connectivity index (χ1v) is 15.0. The first kappa shape index (κ1) is 29.1. The summed E-state index contributed by atoms with van der Waals surface area (Å²) in [6, 6.07) is 15.3. The topological polar surface area (TPSA) is 99.2 Å². The van der Waals surface area contributed by atoms with E-state index in [1.54, 1.807) is 29.2 Å². The minimum absolute atomic E-state index is 0.0557. The number of aryl methyl sites for hydroxylation is 1. The van der Waals surface area contributed by atoms with Gasteiger partial charge >= 0.3 is 12.1 Å². The van der Waals surface area contributed by atoms with Gasteiger partial charge in [-0.3, -0.25) is 9.08 Å². The third kappa shape index (κ3) is 7.39. The molecule has 9 heteroatoms. The summed E-state index contributed by atoms with van der Waals surface area (Å²) in [7, 11) is -3.77. The number of fused-ring (bicyclic) bond motifs is 1. The molecule has 3 atom stereocenters. The number of unbranched alkanes of at least 4 members (excludes halogenated alkanes) is 2. The summed E-state index contributed by atoms with van der Waals surface area (Å²) in [6.07, 6.45) is 3.96. The first-order valence-electron chi connectivity index (χ1n) is 13.6. The van der Waals surface area contributed by atoms with Crippen molar-refractivity contribution in [2.75, 3.05) is 6.61 Å². The van der Waals surface area contributed by atoms with Crippen LogP contribution in [0, 0.1) is 12.3 Å². The number of carbonyl (C=O) groups excluding carboxylic acids is 2. The molecule has 4 rings (SSSR count). The smallest absolute Gasteiger partial charge is 0.411 e. The lowest BCUT2D eigenvalue weighted by atomic mass is 9.93. The Hall–Kier alpha value is -2.91. The maximum absolute atomic E-state index is 13.1. The fraction of sp³-hybridized carbons (Fsp3) is 0.533. The van der Waals surface area contributed by atoms with Gasteiger partial charge in [-0.15, -0.1) is 0 Å². The molecule has 0 aromatic heterocycles. The molecule has 0 radical (unpaired) electrons. The van der Waals surface area contributed by atoms with Gasteiger partial charge in [0.15, 0.2) is 0 Å². The summed E-state index contributed by atoms with van der Waals surface area (Å²) in [6.45, 7) is 7.60. The van der Waals surface area contributed by atoms with Crippen LogP contribution in [0.3, 0.4) is 0 Å². The zero-order valence-corrected chi connectivity index (χ0v) is 24.0. The van der Waals surface area contributed by atoms with Crippen LogP contribution in [0.1, 0.15) is 70.4 Å². The molecule has 2 aromatic carbocycles. The highest BCUT2D eigenvalue weighted by Crippen LogP contribution is 2.62. The maximum Gasteiger partial charge on any atom is 0.411 e. The maximum atomic E-state index is 13.1. The first-order chi connectivity index (χ1) is 18.4. The lowest BCUT2D eigenvalue weighted by Crippen LogP contribution is -2.46. The van der Waals surface area contributed by atoms with Gasteiger partial charge in [-0.2, -0.15) is 8.42 Å². The number of esters is 1. The van der Waals surface area contributed by atoms with E-state index in [2.05, 4.69) is 0 Å². The third-order valence-corrected chi connectivity index (χ3v) is 8.71. The van der Waals surface area contributed by atoms with Gasteiger partial charge in [0.05, 0.1) is 11.5 Å². The van der Waals surface area contributed by atoms with Crippen molar-refractivity contribution in [2.45, 2.75) is 95.4 Å². The average molecular weight is 558 g/mol. The van der Waals surface area contributed by atoms with Crippen molar-refractivity contribution in [3.8, 4) is 0 Å². The molecule has 1 saturated carbocycles. The van der Waals surface area contributed by atoms with Crippen molar-refractivity contribution in [3.63, 3.8) is 0 Å². The second-order valence-electron chi connectivity index (χ2n) is 11.7. The Morgan fingerprint density at radius 3 is 2.33 bits per heavy atom. The van der Waals surface area contributed by atoms with Crippen LogP contribution < -0.4 is 0 Å². The molecule has 212 valence electrons. The number of ether oxygens (including phenoxy) is 2. The Bertz CT molecular complexity index is 1250. The lowest BCUT2D eigenvalue weighted by Gasteiger charge is -2.29. The van der Waals surface area contributed by atoms with Crippen LogP contribution >= 0.6 is 0 Å². The zero-order valence-electron chi connectivity index (χ0n) is 23.2. The summed E-state index contributed by atoms with van der Waals surface area (Å²) in [4.78, 5) is 28.0. The van der Waals surface area contributed by atoms with Gasteiger partial charge in [0, 0.05) is 6.04 Å². The number of nitrogens with zero attached hydrogens (tertiary/aromatic N) is 1. The Kier molecular flexibility index (Phi) is 8.71. The summed E-state index contributed by atoms with van der Waals surface area (Å²) >= 11 is 0. The summed E-state index contributed by atoms with van der Waals surface area (Å²) in [5, 5.41) is 0. The standard InChI is InChI=1S/C30H39NO7S/c1-22-13-15-24(16-14-22)39(34,35)37-18-10-6-9-17-30-19-25(27(32)36-21-23-11-7-5-8-12-23)31(26(30)20-30)28(33)38-29(2,3)4/h5,7-8,11-16,25-26H,6,9-10,17-21H2,1-4H3/t25-,26+,30-/m0/s1. The Labute approximate surface area is 231 Å². The molecule has 1 aliphatic heterocycles. The van der Waals surface area contributed by atoms with Gasteiger partial charge in [-0.25, -0.2) is 9.59 Å². The summed E-state index contributed by atoms with van der Waals surface area (Å²) < 4.78 is 41.2. The number of carbonyl (C=O) groups is 2. The fourth-order valence-electron chi connectivity index (χ4n) is 5.30. The van der Waals surface area contributed by atoms with Gasteiger partial charge in [0.2, 0.25) is 0 Å². The van der Waals surface area contributed by atoms with Crippen molar-refractivity contribution in [2.24, 2.45) is 5.41 Å². The fourth-order valence-corrected chi connectivity index (χ4v) is 6.24. The van der Waals surface area contributed by atoms with Crippen molar-refractivity contribution >= 4 is 22.2 Å². The number of piperidine rings is 1. The number of hydrogen-bond acceptors (Lipinski definition) is 7. The molecule has 0 N–H and O–H groups in total. The monoisotopic (exact) mass is 557 g/mol. The molecule has 2 aromatic rings. The normalized spacial score (nSPS) is 22.3. The van der Waals surface area contributed by atoms with Crippen molar-refractivity contribution < 1.29 is 31.7 Å². The van der Waals surface area contributed by atoms with Crippen LogP contribution in [0.4, 0.5) is 4.79 Å². The van der Waals surface area contributed by atoms with E-state index < -0.39 is 33.8 Å². The predicted octanol–water partition coefficient (Wildman–Crippen LogP) is 5.77. The molecular weight excluding hydrogens is 518 g/mol. The molecule has 1 saturated heterocycles. The predicted molar refractivity (Wildman–Crippen MR) is 146 cm³/mol. The van der Waals surface area contributed by atoms with Gasteiger partial charge in [-0.1, -0.05) is 60.9 Å². The van der Waals surface area contributed by atoms with Crippen molar-refractivity contribution in [1.82, 2.24) is 4.90 Å². The molecular formula is C30H39NO7S. The number of hydrogen-bond donors (Lipinski definition) is 0. The average Bonchev–Trinajstić information content (AvgIpc) is 3.47. The molecule has 0 bridgehead atoms. The second kappa shape index (κ2) is 11.7. The van der Waals surface area contributed by atoms with Crippen molar-refractivity contribution in [1.29, 1.82) is 0 Å². The highest BCUT2D eigenvalue weighted by atomic mass is 32.2. The van der Waals surface area contributed by atoms with Gasteiger partial charge in [-0.05, 0) is 76.5 Å². The second-order valence-corrected chi connectivity index (χ2v) is 13.3. The number of benzene rings is 2. The Morgan fingerprint density at radius 1 is 0.974 bits per heavy atom. The SMILES string of the molecule is Cc1ccc(S(=O)(=O)OCCCCC[C@@]23C[C@@H](C(=O)OCc4ccccc4)N(C(=O)OC(C)(C)C)[C@@H]2C3)cc1. The lowest BCUT2D eigenvalue weighted by molar-refractivity contribution is -0.150. The largest absolute Gasteiger partial charge is 0.459 e. The van der Waals surface area contributed by atoms with Crippen LogP contribution in [-0.2, 0) is 35.2 Å². The molecule has 39 heavy (non-hydrogen) atoms. The number of likely N-dealkylation sites (tertiary alicyclic amines) is 1. The van der Waals surface area contributed by atoms with E-state index >= 15 is 0 Å².